The van der Waals surface area contributed by atoms with Gasteiger partial charge in [-0.25, -0.2) is 9.37 Å². The minimum Gasteiger partial charge on any atom is -0.358 e. The Bertz CT molecular complexity index is 1120. The molecule has 2 N–H and O–H groups in total. The molecule has 9 heteroatoms. The van der Waals surface area contributed by atoms with Crippen LogP contribution >= 0.6 is 11.3 Å². The van der Waals surface area contributed by atoms with E-state index in [4.69, 9.17) is 0 Å². The zero-order valence-electron chi connectivity index (χ0n) is 18.4. The number of benzene rings is 1. The molecule has 1 aromatic carbocycles. The summed E-state index contributed by atoms with van der Waals surface area (Å²) in [7, 11) is 1.63. The van der Waals surface area contributed by atoms with E-state index in [1.54, 1.807) is 37.6 Å². The Labute approximate surface area is 196 Å². The van der Waals surface area contributed by atoms with Crippen molar-refractivity contribution in [3.8, 4) is 0 Å². The Balaban J connectivity index is 1.40. The second kappa shape index (κ2) is 10.2. The van der Waals surface area contributed by atoms with Crippen LogP contribution < -0.4 is 10.6 Å². The first kappa shape index (κ1) is 23.0. The zero-order valence-corrected chi connectivity index (χ0v) is 19.2. The Hall–Kier alpha value is -3.17. The second-order valence-electron chi connectivity index (χ2n) is 8.14. The average molecular weight is 468 g/mol. The Morgan fingerprint density at radius 3 is 2.76 bits per heavy atom. The average Bonchev–Trinajstić information content (AvgIpc) is 3.27. The van der Waals surface area contributed by atoms with Crippen molar-refractivity contribution in [2.24, 2.45) is 0 Å². The summed E-state index contributed by atoms with van der Waals surface area (Å²) < 4.78 is 13.9. The highest BCUT2D eigenvalue weighted by atomic mass is 32.1. The number of carbonyl (C=O) groups is 2. The molecule has 0 bridgehead atoms. The lowest BCUT2D eigenvalue weighted by atomic mass is 9.75. The van der Waals surface area contributed by atoms with Crippen LogP contribution in [-0.4, -0.2) is 53.4 Å². The summed E-state index contributed by atoms with van der Waals surface area (Å²) >= 11 is 1.33. The van der Waals surface area contributed by atoms with Gasteiger partial charge >= 0.3 is 0 Å². The van der Waals surface area contributed by atoms with Gasteiger partial charge in [0, 0.05) is 37.3 Å². The number of thiazole rings is 1. The summed E-state index contributed by atoms with van der Waals surface area (Å²) in [5.41, 5.74) is 0.516. The summed E-state index contributed by atoms with van der Waals surface area (Å²) in [6, 6.07) is 12.2. The number of nitrogens with zero attached hydrogens (tertiary/aromatic N) is 3. The Kier molecular flexibility index (Phi) is 7.10. The summed E-state index contributed by atoms with van der Waals surface area (Å²) in [6.07, 6.45) is 5.22. The van der Waals surface area contributed by atoms with E-state index in [1.165, 1.54) is 17.4 Å². The first-order valence-electron chi connectivity index (χ1n) is 10.8. The summed E-state index contributed by atoms with van der Waals surface area (Å²) in [5, 5.41) is 6.09. The maximum absolute atomic E-state index is 13.9. The Morgan fingerprint density at radius 2 is 2.00 bits per heavy atom. The lowest BCUT2D eigenvalue weighted by Crippen LogP contribution is -2.55. The van der Waals surface area contributed by atoms with Gasteiger partial charge in [-0.2, -0.15) is 0 Å². The molecule has 0 unspecified atom stereocenters. The third kappa shape index (κ3) is 5.26. The van der Waals surface area contributed by atoms with Crippen LogP contribution in [0.4, 0.5) is 9.52 Å². The van der Waals surface area contributed by atoms with Gasteiger partial charge < -0.3 is 10.6 Å². The smallest absolute Gasteiger partial charge is 0.240 e. The Morgan fingerprint density at radius 1 is 1.18 bits per heavy atom. The number of hydrogen-bond acceptors (Lipinski definition) is 6. The van der Waals surface area contributed by atoms with E-state index in [2.05, 4.69) is 20.6 Å². The number of aromatic nitrogens is 2. The maximum Gasteiger partial charge on any atom is 0.240 e. The van der Waals surface area contributed by atoms with Gasteiger partial charge in [-0.3, -0.25) is 19.5 Å². The molecule has 1 atom stereocenters. The second-order valence-corrected chi connectivity index (χ2v) is 9.25. The number of nitrogens with one attached hydrogen (secondary N) is 2. The molecular weight excluding hydrogens is 441 g/mol. The molecule has 0 aliphatic carbocycles. The van der Waals surface area contributed by atoms with E-state index in [0.29, 0.717) is 35.8 Å². The van der Waals surface area contributed by atoms with Crippen LogP contribution in [0.3, 0.4) is 0 Å². The van der Waals surface area contributed by atoms with E-state index in [9.17, 15) is 14.0 Å². The van der Waals surface area contributed by atoms with Crippen molar-refractivity contribution in [2.45, 2.75) is 24.7 Å². The normalized spacial score (nSPS) is 18.6. The topological polar surface area (TPSA) is 87.2 Å². The first-order chi connectivity index (χ1) is 16.0. The molecule has 3 heterocycles. The van der Waals surface area contributed by atoms with E-state index in [1.807, 2.05) is 23.1 Å². The van der Waals surface area contributed by atoms with Gasteiger partial charge in [0.25, 0.3) is 0 Å². The van der Waals surface area contributed by atoms with Gasteiger partial charge in [0.1, 0.15) is 11.2 Å². The third-order valence-electron chi connectivity index (χ3n) is 5.88. The van der Waals surface area contributed by atoms with E-state index in [-0.39, 0.29) is 24.2 Å². The van der Waals surface area contributed by atoms with Gasteiger partial charge in [-0.1, -0.05) is 24.3 Å². The molecule has 2 amide bonds. The van der Waals surface area contributed by atoms with Crippen LogP contribution in [0.5, 0.6) is 0 Å². The van der Waals surface area contributed by atoms with Gasteiger partial charge in [-0.15, -0.1) is 11.3 Å². The highest BCUT2D eigenvalue weighted by molar-refractivity contribution is 7.15. The fourth-order valence-electron chi connectivity index (χ4n) is 4.31. The molecule has 0 radical (unpaired) electrons. The van der Waals surface area contributed by atoms with Crippen LogP contribution in [0.2, 0.25) is 0 Å². The number of likely N-dealkylation sites (N-methyl/N-ethyl adjacent to an activating group) is 1. The molecule has 1 aliphatic heterocycles. The molecule has 4 rings (SSSR count). The van der Waals surface area contributed by atoms with Crippen LogP contribution in [0.1, 0.15) is 29.0 Å². The molecule has 1 aliphatic rings. The lowest BCUT2D eigenvalue weighted by Gasteiger charge is -2.40. The molecule has 1 fully saturated rings. The number of rotatable bonds is 7. The van der Waals surface area contributed by atoms with Gasteiger partial charge in [0.15, 0.2) is 5.13 Å². The van der Waals surface area contributed by atoms with Crippen molar-refractivity contribution in [1.29, 1.82) is 0 Å². The number of amides is 2. The number of likely N-dealkylation sites (tertiary alicyclic amines) is 1. The minimum atomic E-state index is -0.789. The van der Waals surface area contributed by atoms with Crippen molar-refractivity contribution >= 4 is 28.3 Å². The standard InChI is InChI=1S/C24H26FN5O2S/c1-26-22(32)24(20-9-4-5-11-27-20)10-6-12-30(16-24)15-21(31)29-23-28-14-18(33-23)13-17-7-2-3-8-19(17)25/h2-5,7-9,11,14H,6,10,12-13,15-16H2,1H3,(H,26,32)(H,28,29,31)/t24-/m0/s1. The number of pyridine rings is 1. The van der Waals surface area contributed by atoms with Gasteiger partial charge in [0.05, 0.1) is 12.2 Å². The molecule has 3 aromatic rings. The summed E-state index contributed by atoms with van der Waals surface area (Å²) in [4.78, 5) is 37.2. The van der Waals surface area contributed by atoms with E-state index in [0.717, 1.165) is 17.8 Å². The zero-order chi connectivity index (χ0) is 23.3. The van der Waals surface area contributed by atoms with Gasteiger partial charge in [0.2, 0.25) is 11.8 Å². The highest BCUT2D eigenvalue weighted by Crippen LogP contribution is 2.33. The van der Waals surface area contributed by atoms with E-state index >= 15 is 0 Å². The third-order valence-corrected chi connectivity index (χ3v) is 6.79. The van der Waals surface area contributed by atoms with E-state index < -0.39 is 5.41 Å². The van der Waals surface area contributed by atoms with Crippen LogP contribution in [0, 0.1) is 5.82 Å². The maximum atomic E-state index is 13.9. The van der Waals surface area contributed by atoms with Crippen molar-refractivity contribution in [3.63, 3.8) is 0 Å². The van der Waals surface area contributed by atoms with Crippen molar-refractivity contribution in [1.82, 2.24) is 20.2 Å². The quantitative estimate of drug-likeness (QED) is 0.558. The SMILES string of the molecule is CNC(=O)[C@@]1(c2ccccn2)CCCN(CC(=O)Nc2ncc(Cc3ccccc3F)s2)C1. The molecule has 33 heavy (non-hydrogen) atoms. The number of anilines is 1. The first-order valence-corrected chi connectivity index (χ1v) is 11.7. The molecule has 1 saturated heterocycles. The molecule has 172 valence electrons. The fraction of sp³-hybridized carbons (Fsp3) is 0.333. The summed E-state index contributed by atoms with van der Waals surface area (Å²) in [5.74, 6) is -0.548. The molecule has 7 nitrogen and oxygen atoms in total. The van der Waals surface area contributed by atoms with Crippen molar-refractivity contribution < 1.29 is 14.0 Å². The minimum absolute atomic E-state index is 0.0935. The fourth-order valence-corrected chi connectivity index (χ4v) is 5.17. The van der Waals surface area contributed by atoms with Crippen molar-refractivity contribution in [3.05, 3.63) is 76.8 Å². The predicted octanol–water partition coefficient (Wildman–Crippen LogP) is 2.99. The largest absolute Gasteiger partial charge is 0.358 e. The number of piperidine rings is 1. The lowest BCUT2D eigenvalue weighted by molar-refractivity contribution is -0.130. The van der Waals surface area contributed by atoms with Gasteiger partial charge in [-0.05, 0) is 43.1 Å². The predicted molar refractivity (Wildman–Crippen MR) is 126 cm³/mol. The molecule has 2 aromatic heterocycles. The number of halogens is 1. The number of hydrogen-bond donors (Lipinski definition) is 2. The van der Waals surface area contributed by atoms with Crippen LogP contribution in [-0.2, 0) is 21.4 Å². The number of carbonyl (C=O) groups excluding carboxylic acids is 2. The molecule has 0 spiro atoms. The van der Waals surface area contributed by atoms with Crippen LogP contribution in [0.15, 0.2) is 54.9 Å². The van der Waals surface area contributed by atoms with Crippen molar-refractivity contribution in [2.75, 3.05) is 32.0 Å². The highest BCUT2D eigenvalue weighted by Gasteiger charge is 2.44. The molecular formula is C24H26FN5O2S. The van der Waals surface area contributed by atoms with Crippen LogP contribution in [0.25, 0.3) is 0 Å². The summed E-state index contributed by atoms with van der Waals surface area (Å²) in [6.45, 7) is 1.27. The molecule has 0 saturated carbocycles. The monoisotopic (exact) mass is 467 g/mol.